The number of anilines is 1. The number of carbonyl (C=O) groups is 1. The van der Waals surface area contributed by atoms with Gasteiger partial charge in [0.05, 0.1) is 22.6 Å². The highest BCUT2D eigenvalue weighted by Gasteiger charge is 2.51. The van der Waals surface area contributed by atoms with Gasteiger partial charge < -0.3 is 14.9 Å². The molecule has 1 saturated carbocycles. The summed E-state index contributed by atoms with van der Waals surface area (Å²) in [6.07, 6.45) is 0.542. The number of rotatable bonds is 2. The van der Waals surface area contributed by atoms with Crippen molar-refractivity contribution >= 4 is 22.6 Å². The number of carbonyl (C=O) groups excluding carboxylic acids is 1. The first-order valence-corrected chi connectivity index (χ1v) is 11.5. The molecule has 0 radical (unpaired) electrons. The predicted octanol–water partition coefficient (Wildman–Crippen LogP) is 4.38. The number of aliphatic hydroxyl groups is 1. The zero-order valence-corrected chi connectivity index (χ0v) is 17.9. The zero-order valence-electron chi connectivity index (χ0n) is 17.9. The molecule has 2 saturated heterocycles. The summed E-state index contributed by atoms with van der Waals surface area (Å²) in [6, 6.07) is 7.64. The number of pyridine rings is 1. The van der Waals surface area contributed by atoms with Crippen molar-refractivity contribution in [3.05, 3.63) is 35.9 Å². The van der Waals surface area contributed by atoms with Crippen LogP contribution >= 0.6 is 0 Å². The van der Waals surface area contributed by atoms with Crippen LogP contribution in [0.5, 0.6) is 0 Å². The lowest BCUT2D eigenvalue weighted by Crippen LogP contribution is -2.50. The second-order valence-corrected chi connectivity index (χ2v) is 9.56. The fraction of sp³-hybridized carbons (Fsp3) is 0.583. The summed E-state index contributed by atoms with van der Waals surface area (Å²) in [5, 5.41) is 9.89. The van der Waals surface area contributed by atoms with Crippen molar-refractivity contribution in [2.45, 2.75) is 63.3 Å². The summed E-state index contributed by atoms with van der Waals surface area (Å²) >= 11 is 0. The van der Waals surface area contributed by atoms with Gasteiger partial charge in [0.25, 0.3) is 0 Å². The van der Waals surface area contributed by atoms with Gasteiger partial charge in [0, 0.05) is 31.1 Å². The van der Waals surface area contributed by atoms with Crippen LogP contribution in [0, 0.1) is 5.41 Å². The van der Waals surface area contributed by atoms with Gasteiger partial charge in [0.15, 0.2) is 0 Å². The molecule has 3 aliphatic rings. The molecule has 1 aromatic carbocycles. The number of fused-ring (bicyclic) bond motifs is 1. The first-order valence-electron chi connectivity index (χ1n) is 11.5. The van der Waals surface area contributed by atoms with Crippen molar-refractivity contribution in [1.82, 2.24) is 9.88 Å². The molecule has 172 valence electrons. The average Bonchev–Trinajstić information content (AvgIpc) is 3.08. The van der Waals surface area contributed by atoms with Crippen molar-refractivity contribution in [3.8, 4) is 0 Å². The summed E-state index contributed by atoms with van der Waals surface area (Å²) in [4.78, 5) is 21.9. The fourth-order valence-electron chi connectivity index (χ4n) is 5.83. The van der Waals surface area contributed by atoms with Crippen LogP contribution < -0.4 is 4.90 Å². The molecule has 0 unspecified atom stereocenters. The standard InChI is InChI=1S/C24H28F3N3O2/c25-24(26,27)19-14-21(28-20-5-2-1-4-18(19)20)29-12-3-10-23(15-29)11-13-30(22(23)32)16-6-8-17(31)9-7-16/h1-2,4-5,14,16-17,31H,3,6-13,15H2/t16?,17?,23-/m0/s1. The second-order valence-electron chi connectivity index (χ2n) is 9.56. The molecule has 8 heteroatoms. The quantitative estimate of drug-likeness (QED) is 0.743. The molecule has 1 spiro atoms. The molecule has 1 aromatic heterocycles. The number of likely N-dealkylation sites (tertiary alicyclic amines) is 1. The minimum absolute atomic E-state index is 0.0954. The van der Waals surface area contributed by atoms with Crippen molar-refractivity contribution < 1.29 is 23.1 Å². The SMILES string of the molecule is O=C1N(C2CCC(O)CC2)CC[C@]12CCCN(c1cc(C(F)(F)F)c3ccccc3n1)C2. The molecule has 2 aromatic rings. The Morgan fingerprint density at radius 2 is 1.81 bits per heavy atom. The summed E-state index contributed by atoms with van der Waals surface area (Å²) in [7, 11) is 0. The zero-order chi connectivity index (χ0) is 22.5. The van der Waals surface area contributed by atoms with Gasteiger partial charge in [-0.3, -0.25) is 4.79 Å². The molecule has 3 fully saturated rings. The topological polar surface area (TPSA) is 56.7 Å². The van der Waals surface area contributed by atoms with Crippen LogP contribution in [0.2, 0.25) is 0 Å². The number of alkyl halides is 3. The number of benzene rings is 1. The van der Waals surface area contributed by atoms with E-state index >= 15 is 0 Å². The molecule has 5 rings (SSSR count). The molecule has 1 amide bonds. The molecule has 5 nitrogen and oxygen atoms in total. The van der Waals surface area contributed by atoms with Gasteiger partial charge in [0.1, 0.15) is 5.82 Å². The summed E-state index contributed by atoms with van der Waals surface area (Å²) < 4.78 is 41.3. The third-order valence-electron chi connectivity index (χ3n) is 7.56. The predicted molar refractivity (Wildman–Crippen MR) is 115 cm³/mol. The molecule has 2 aliphatic heterocycles. The van der Waals surface area contributed by atoms with Crippen LogP contribution in [-0.2, 0) is 11.0 Å². The van der Waals surface area contributed by atoms with Crippen LogP contribution in [0.3, 0.4) is 0 Å². The number of nitrogens with zero attached hydrogens (tertiary/aromatic N) is 3. The maximum Gasteiger partial charge on any atom is 0.417 e. The molecule has 3 heterocycles. The normalized spacial score (nSPS) is 29.3. The molecular weight excluding hydrogens is 419 g/mol. The monoisotopic (exact) mass is 447 g/mol. The maximum absolute atomic E-state index is 13.8. The van der Waals surface area contributed by atoms with Crippen molar-refractivity contribution in [2.24, 2.45) is 5.41 Å². The highest BCUT2D eigenvalue weighted by atomic mass is 19.4. The van der Waals surface area contributed by atoms with Gasteiger partial charge >= 0.3 is 6.18 Å². The highest BCUT2D eigenvalue weighted by molar-refractivity contribution is 5.87. The Balaban J connectivity index is 1.42. The summed E-state index contributed by atoms with van der Waals surface area (Å²) in [6.45, 7) is 1.68. The van der Waals surface area contributed by atoms with Gasteiger partial charge in [0.2, 0.25) is 5.91 Å². The van der Waals surface area contributed by atoms with Crippen LogP contribution in [0.1, 0.15) is 50.5 Å². The smallest absolute Gasteiger partial charge is 0.393 e. The lowest BCUT2D eigenvalue weighted by molar-refractivity contribution is -0.139. The largest absolute Gasteiger partial charge is 0.417 e. The molecule has 32 heavy (non-hydrogen) atoms. The van der Waals surface area contributed by atoms with E-state index < -0.39 is 17.2 Å². The number of aliphatic hydroxyl groups excluding tert-OH is 1. The lowest BCUT2D eigenvalue weighted by atomic mass is 9.78. The van der Waals surface area contributed by atoms with E-state index in [9.17, 15) is 23.1 Å². The van der Waals surface area contributed by atoms with Gasteiger partial charge in [-0.25, -0.2) is 4.98 Å². The number of aromatic nitrogens is 1. The van der Waals surface area contributed by atoms with Crippen molar-refractivity contribution in [3.63, 3.8) is 0 Å². The van der Waals surface area contributed by atoms with Gasteiger partial charge in [-0.1, -0.05) is 18.2 Å². The Kier molecular flexibility index (Phi) is 5.31. The number of para-hydroxylation sites is 1. The number of halogens is 3. The van der Waals surface area contributed by atoms with Gasteiger partial charge in [-0.15, -0.1) is 0 Å². The molecule has 1 atom stereocenters. The van der Waals surface area contributed by atoms with E-state index in [4.69, 9.17) is 0 Å². The van der Waals surface area contributed by atoms with E-state index in [1.807, 2.05) is 9.80 Å². The fourth-order valence-corrected chi connectivity index (χ4v) is 5.83. The number of hydrogen-bond donors (Lipinski definition) is 1. The Bertz CT molecular complexity index is 1020. The minimum atomic E-state index is -4.48. The highest BCUT2D eigenvalue weighted by Crippen LogP contribution is 2.44. The molecular formula is C24H28F3N3O2. The van der Waals surface area contributed by atoms with Crippen LogP contribution in [-0.4, -0.2) is 52.7 Å². The number of piperidine rings is 1. The van der Waals surface area contributed by atoms with Crippen molar-refractivity contribution in [2.75, 3.05) is 24.5 Å². The van der Waals surface area contributed by atoms with Gasteiger partial charge in [-0.2, -0.15) is 13.2 Å². The third kappa shape index (κ3) is 3.72. The van der Waals surface area contributed by atoms with Crippen molar-refractivity contribution in [1.29, 1.82) is 0 Å². The first kappa shape index (κ1) is 21.5. The van der Waals surface area contributed by atoms with E-state index in [0.29, 0.717) is 31.0 Å². The van der Waals surface area contributed by atoms with E-state index in [2.05, 4.69) is 4.98 Å². The number of hydrogen-bond acceptors (Lipinski definition) is 4. The van der Waals surface area contributed by atoms with E-state index in [0.717, 1.165) is 51.0 Å². The van der Waals surface area contributed by atoms with E-state index in [1.165, 1.54) is 6.07 Å². The lowest BCUT2D eigenvalue weighted by Gasteiger charge is -2.41. The molecule has 1 aliphatic carbocycles. The summed E-state index contributed by atoms with van der Waals surface area (Å²) in [5.74, 6) is 0.419. The summed E-state index contributed by atoms with van der Waals surface area (Å²) in [5.41, 5.74) is -0.921. The Morgan fingerprint density at radius 1 is 1.06 bits per heavy atom. The Labute approximate surface area is 185 Å². The van der Waals surface area contributed by atoms with E-state index in [1.54, 1.807) is 18.2 Å². The van der Waals surface area contributed by atoms with Crippen LogP contribution in [0.4, 0.5) is 19.0 Å². The Hall–Kier alpha value is -2.35. The molecule has 0 bridgehead atoms. The minimum Gasteiger partial charge on any atom is -0.393 e. The maximum atomic E-state index is 13.8. The second kappa shape index (κ2) is 7.90. The number of amides is 1. The third-order valence-corrected chi connectivity index (χ3v) is 7.56. The van der Waals surface area contributed by atoms with Crippen LogP contribution in [0.25, 0.3) is 10.9 Å². The van der Waals surface area contributed by atoms with Crippen LogP contribution in [0.15, 0.2) is 30.3 Å². The Morgan fingerprint density at radius 3 is 2.56 bits per heavy atom. The molecule has 1 N–H and O–H groups in total. The average molecular weight is 448 g/mol. The van der Waals surface area contributed by atoms with Gasteiger partial charge in [-0.05, 0) is 57.1 Å². The first-order chi connectivity index (χ1) is 15.3. The van der Waals surface area contributed by atoms with E-state index in [-0.39, 0.29) is 23.4 Å².